The van der Waals surface area contributed by atoms with Gasteiger partial charge in [0.1, 0.15) is 17.1 Å². The van der Waals surface area contributed by atoms with Gasteiger partial charge in [0.2, 0.25) is 0 Å². The van der Waals surface area contributed by atoms with Crippen LogP contribution in [0.5, 0.6) is 11.5 Å². The van der Waals surface area contributed by atoms with E-state index in [4.69, 9.17) is 9.47 Å². The summed E-state index contributed by atoms with van der Waals surface area (Å²) < 4.78 is 11.6. The van der Waals surface area contributed by atoms with Gasteiger partial charge in [0.25, 0.3) is 0 Å². The molecule has 0 radical (unpaired) electrons. The zero-order valence-electron chi connectivity index (χ0n) is 19.4. The highest BCUT2D eigenvalue weighted by atomic mass is 31.2. The van der Waals surface area contributed by atoms with Gasteiger partial charge in [0, 0.05) is 12.4 Å². The molecule has 0 saturated heterocycles. The van der Waals surface area contributed by atoms with Gasteiger partial charge in [-0.25, -0.2) is 0 Å². The summed E-state index contributed by atoms with van der Waals surface area (Å²) in [5.41, 5.74) is 2.73. The second-order valence-corrected chi connectivity index (χ2v) is 10.9. The molecular formula is C30H27O3P. The number of carbonyl (C=O) groups excluding carboxylic acids is 1. The largest absolute Gasteiger partial charge is 0.496 e. The number of methoxy groups -OCH3 is 2. The van der Waals surface area contributed by atoms with Gasteiger partial charge in [-0.05, 0) is 33.9 Å². The van der Waals surface area contributed by atoms with Crippen molar-refractivity contribution in [2.75, 3.05) is 14.2 Å². The molecule has 34 heavy (non-hydrogen) atoms. The molecule has 0 N–H and O–H groups in total. The first-order valence-corrected chi connectivity index (χ1v) is 12.9. The van der Waals surface area contributed by atoms with Crippen LogP contribution in [0, 0.1) is 0 Å². The maximum Gasteiger partial charge on any atom is 0.198 e. The van der Waals surface area contributed by atoms with Crippen molar-refractivity contribution in [3.8, 4) is 11.5 Å². The molecule has 170 valence electrons. The molecule has 0 bridgehead atoms. The van der Waals surface area contributed by atoms with Crippen molar-refractivity contribution in [3.05, 3.63) is 126 Å². The second kappa shape index (κ2) is 9.99. The summed E-state index contributed by atoms with van der Waals surface area (Å²) in [4.78, 5) is 14.5. The first kappa shape index (κ1) is 23.4. The number of carbonyl (C=O) groups is 1. The molecule has 0 aromatic heterocycles. The van der Waals surface area contributed by atoms with Crippen LogP contribution < -0.4 is 20.1 Å². The smallest absolute Gasteiger partial charge is 0.198 e. The van der Waals surface area contributed by atoms with E-state index in [-0.39, 0.29) is 5.52 Å². The Morgan fingerprint density at radius 2 is 1.21 bits per heavy atom. The summed E-state index contributed by atoms with van der Waals surface area (Å²) in [6.45, 7) is 1.53. The van der Waals surface area contributed by atoms with Crippen molar-refractivity contribution in [1.82, 2.24) is 0 Å². The van der Waals surface area contributed by atoms with Gasteiger partial charge in [-0.3, -0.25) is 4.79 Å². The molecule has 0 saturated carbocycles. The molecular weight excluding hydrogens is 439 g/mol. The van der Waals surface area contributed by atoms with Crippen LogP contribution in [0.1, 0.15) is 21.5 Å². The van der Waals surface area contributed by atoms with E-state index in [1.165, 1.54) is 0 Å². The van der Waals surface area contributed by atoms with Gasteiger partial charge in [0.15, 0.2) is 5.52 Å². The van der Waals surface area contributed by atoms with Gasteiger partial charge in [0.05, 0.1) is 14.2 Å². The molecule has 4 rings (SSSR count). The van der Waals surface area contributed by atoms with Crippen molar-refractivity contribution in [3.63, 3.8) is 0 Å². The normalized spacial score (nSPS) is 11.0. The van der Waals surface area contributed by atoms with Crippen molar-refractivity contribution in [1.29, 1.82) is 0 Å². The Morgan fingerprint density at radius 3 is 1.68 bits per heavy atom. The van der Waals surface area contributed by atoms with Gasteiger partial charge in [-0.2, -0.15) is 0 Å². The summed E-state index contributed by atoms with van der Waals surface area (Å²) >= 11 is 0. The lowest BCUT2D eigenvalue weighted by atomic mass is 9.96. The molecule has 0 unspecified atom stereocenters. The Labute approximate surface area is 201 Å². The van der Waals surface area contributed by atoms with Gasteiger partial charge in [-0.1, -0.05) is 104 Å². The van der Waals surface area contributed by atoms with Gasteiger partial charge < -0.3 is 9.47 Å². The van der Waals surface area contributed by atoms with Crippen molar-refractivity contribution in [2.45, 2.75) is 0 Å². The Morgan fingerprint density at radius 1 is 0.706 bits per heavy atom. The molecule has 4 heteroatoms. The Balaban J connectivity index is 1.97. The lowest BCUT2D eigenvalue weighted by molar-refractivity contribution is 0.107. The molecule has 0 atom stereocenters. The van der Waals surface area contributed by atoms with E-state index in [0.29, 0.717) is 17.1 Å². The van der Waals surface area contributed by atoms with Crippen LogP contribution in [0.25, 0.3) is 5.57 Å². The number of ether oxygens (including phenoxy) is 2. The number of hydrogen-bond acceptors (Lipinski definition) is 3. The third kappa shape index (κ3) is 4.11. The maximum atomic E-state index is 14.5. The molecule has 0 fully saturated rings. The number of benzene rings is 4. The van der Waals surface area contributed by atoms with Crippen LogP contribution in [0.15, 0.2) is 110 Å². The first-order chi connectivity index (χ1) is 16.5. The molecule has 0 aliphatic carbocycles. The Hall–Kier alpha value is -3.81. The van der Waals surface area contributed by atoms with E-state index in [1.807, 2.05) is 97.1 Å². The van der Waals surface area contributed by atoms with E-state index >= 15 is 0 Å². The van der Waals surface area contributed by atoms with E-state index < -0.39 is 6.89 Å². The van der Waals surface area contributed by atoms with E-state index in [2.05, 4.69) is 12.9 Å². The van der Waals surface area contributed by atoms with E-state index in [9.17, 15) is 4.79 Å². The highest BCUT2D eigenvalue weighted by Crippen LogP contribution is 2.51. The third-order valence-corrected chi connectivity index (χ3v) is 9.22. The number of rotatable bonds is 8. The lowest BCUT2D eigenvalue weighted by Crippen LogP contribution is -2.24. The first-order valence-electron chi connectivity index (χ1n) is 10.9. The standard InChI is InChI=1S/C30H27O3P/c1-22(23-14-8-5-9-15-23)26-20-21-27(32-2)28(29(26)33-3)30(31)34(4,24-16-10-6-11-17-24)25-18-12-7-13-19-25/h5-21H,1,4H2,2-3H3. The molecule has 0 aliphatic rings. The molecule has 3 nitrogen and oxygen atoms in total. The number of hydrogen-bond donors (Lipinski definition) is 0. The minimum Gasteiger partial charge on any atom is -0.496 e. The summed E-state index contributed by atoms with van der Waals surface area (Å²) in [5.74, 6) is 0.893. The SMILES string of the molecule is C=C(c1ccccc1)c1ccc(OC)c(C(=O)P(=C)(c2ccccc2)c2ccccc2)c1OC. The Bertz CT molecular complexity index is 1320. The fraction of sp³-hybridized carbons (Fsp3) is 0.0667. The van der Waals surface area contributed by atoms with E-state index in [0.717, 1.165) is 27.3 Å². The molecule has 0 amide bonds. The van der Waals surface area contributed by atoms with Crippen LogP contribution in [0.4, 0.5) is 0 Å². The monoisotopic (exact) mass is 466 g/mol. The quantitative estimate of drug-likeness (QED) is 0.299. The fourth-order valence-electron chi connectivity index (χ4n) is 4.12. The molecule has 0 spiro atoms. The van der Waals surface area contributed by atoms with Crippen LogP contribution in [0.2, 0.25) is 0 Å². The van der Waals surface area contributed by atoms with Gasteiger partial charge in [-0.15, -0.1) is 0 Å². The zero-order chi connectivity index (χ0) is 24.1. The average Bonchev–Trinajstić information content (AvgIpc) is 2.92. The zero-order valence-corrected chi connectivity index (χ0v) is 20.3. The van der Waals surface area contributed by atoms with Crippen LogP contribution in [-0.2, 0) is 0 Å². The summed E-state index contributed by atoms with van der Waals surface area (Å²) in [7, 11) is 3.13. The molecule has 4 aromatic carbocycles. The van der Waals surface area contributed by atoms with Crippen molar-refractivity contribution >= 4 is 34.9 Å². The highest BCUT2D eigenvalue weighted by Gasteiger charge is 2.34. The van der Waals surface area contributed by atoms with Crippen LogP contribution >= 0.6 is 6.89 Å². The van der Waals surface area contributed by atoms with E-state index in [1.54, 1.807) is 20.3 Å². The predicted octanol–water partition coefficient (Wildman–Crippen LogP) is 6.01. The third-order valence-electron chi connectivity index (χ3n) is 5.95. The van der Waals surface area contributed by atoms with Crippen LogP contribution in [-0.4, -0.2) is 26.0 Å². The lowest BCUT2D eigenvalue weighted by Gasteiger charge is -2.27. The predicted molar refractivity (Wildman–Crippen MR) is 145 cm³/mol. The topological polar surface area (TPSA) is 35.5 Å². The average molecular weight is 467 g/mol. The van der Waals surface area contributed by atoms with Crippen molar-refractivity contribution < 1.29 is 14.3 Å². The summed E-state index contributed by atoms with van der Waals surface area (Å²) in [6.07, 6.45) is 4.60. The molecule has 4 aromatic rings. The molecule has 0 heterocycles. The van der Waals surface area contributed by atoms with Crippen LogP contribution in [0.3, 0.4) is 0 Å². The Kier molecular flexibility index (Phi) is 6.86. The fourth-order valence-corrected chi connectivity index (χ4v) is 6.84. The van der Waals surface area contributed by atoms with Gasteiger partial charge >= 0.3 is 0 Å². The summed E-state index contributed by atoms with van der Waals surface area (Å²) in [6, 6.07) is 33.0. The minimum atomic E-state index is -2.77. The molecule has 0 aliphatic heterocycles. The minimum absolute atomic E-state index is 0.110. The second-order valence-electron chi connectivity index (χ2n) is 7.85. The highest BCUT2D eigenvalue weighted by molar-refractivity contribution is 8.01. The van der Waals surface area contributed by atoms with Crippen molar-refractivity contribution in [2.24, 2.45) is 0 Å². The maximum absolute atomic E-state index is 14.5. The summed E-state index contributed by atoms with van der Waals surface area (Å²) in [5, 5.41) is 1.78.